The topological polar surface area (TPSA) is 18.5 Å². The summed E-state index contributed by atoms with van der Waals surface area (Å²) in [6.07, 6.45) is 0. The molecule has 1 aliphatic heterocycles. The van der Waals surface area contributed by atoms with Crippen molar-refractivity contribution in [3.8, 4) is 5.75 Å². The van der Waals surface area contributed by atoms with Crippen LogP contribution >= 0.6 is 11.6 Å². The Bertz CT molecular complexity index is 853. The minimum absolute atomic E-state index is 0.113. The van der Waals surface area contributed by atoms with Gasteiger partial charge in [0.1, 0.15) is 5.75 Å². The standard InChI is InChI=1S/C19H17ClO2/c1-19(10-21-11-19)12-22-18-16-5-3-2-4-13(16)8-14-6-7-15(20)9-17(14)18/h2-9H,10-12H2,1H3. The van der Waals surface area contributed by atoms with Crippen LogP contribution in [-0.2, 0) is 4.74 Å². The largest absolute Gasteiger partial charge is 0.492 e. The van der Waals surface area contributed by atoms with Crippen molar-refractivity contribution in [1.29, 1.82) is 0 Å². The van der Waals surface area contributed by atoms with Crippen LogP contribution in [0.1, 0.15) is 6.92 Å². The Morgan fingerprint density at radius 2 is 1.82 bits per heavy atom. The third-order valence-corrected chi connectivity index (χ3v) is 4.48. The van der Waals surface area contributed by atoms with Crippen molar-refractivity contribution in [3.63, 3.8) is 0 Å². The van der Waals surface area contributed by atoms with Crippen LogP contribution in [0.2, 0.25) is 5.02 Å². The average Bonchev–Trinajstić information content (AvgIpc) is 2.50. The van der Waals surface area contributed by atoms with Crippen molar-refractivity contribution in [2.24, 2.45) is 5.41 Å². The van der Waals surface area contributed by atoms with Crippen LogP contribution in [0.5, 0.6) is 5.75 Å². The number of fused-ring (bicyclic) bond motifs is 2. The lowest BCUT2D eigenvalue weighted by Gasteiger charge is -2.37. The van der Waals surface area contributed by atoms with Gasteiger partial charge in [-0.3, -0.25) is 0 Å². The lowest BCUT2D eigenvalue weighted by Crippen LogP contribution is -2.44. The van der Waals surface area contributed by atoms with E-state index >= 15 is 0 Å². The molecule has 0 unspecified atom stereocenters. The second-order valence-corrected chi connectivity index (χ2v) is 6.82. The summed E-state index contributed by atoms with van der Waals surface area (Å²) < 4.78 is 11.6. The van der Waals surface area contributed by atoms with Gasteiger partial charge in [0.25, 0.3) is 0 Å². The van der Waals surface area contributed by atoms with Crippen LogP contribution in [0.4, 0.5) is 0 Å². The van der Waals surface area contributed by atoms with Gasteiger partial charge in [0.05, 0.1) is 19.8 Å². The van der Waals surface area contributed by atoms with E-state index < -0.39 is 0 Å². The summed E-state index contributed by atoms with van der Waals surface area (Å²) in [5.74, 6) is 0.920. The lowest BCUT2D eigenvalue weighted by molar-refractivity contribution is -0.120. The second kappa shape index (κ2) is 5.15. The van der Waals surface area contributed by atoms with Gasteiger partial charge in [0, 0.05) is 21.2 Å². The number of benzene rings is 3. The molecule has 1 aliphatic rings. The molecule has 1 heterocycles. The highest BCUT2D eigenvalue weighted by molar-refractivity contribution is 6.31. The predicted octanol–water partition coefficient (Wildman–Crippen LogP) is 5.06. The summed E-state index contributed by atoms with van der Waals surface area (Å²) in [7, 11) is 0. The SMILES string of the molecule is CC1(COc2c3ccccc3cc3ccc(Cl)cc23)COC1. The van der Waals surface area contributed by atoms with Gasteiger partial charge in [-0.25, -0.2) is 0 Å². The van der Waals surface area contributed by atoms with Gasteiger partial charge in [-0.1, -0.05) is 48.9 Å². The Labute approximate surface area is 134 Å². The number of rotatable bonds is 3. The zero-order valence-electron chi connectivity index (χ0n) is 12.4. The van der Waals surface area contributed by atoms with Crippen molar-refractivity contribution in [2.45, 2.75) is 6.92 Å². The van der Waals surface area contributed by atoms with Crippen molar-refractivity contribution < 1.29 is 9.47 Å². The molecule has 0 saturated carbocycles. The smallest absolute Gasteiger partial charge is 0.135 e. The van der Waals surface area contributed by atoms with E-state index in [1.807, 2.05) is 24.3 Å². The molecule has 4 rings (SSSR count). The zero-order valence-corrected chi connectivity index (χ0v) is 13.2. The van der Waals surface area contributed by atoms with Crippen LogP contribution < -0.4 is 4.74 Å². The monoisotopic (exact) mass is 312 g/mol. The number of halogens is 1. The van der Waals surface area contributed by atoms with Gasteiger partial charge in [-0.2, -0.15) is 0 Å². The summed E-state index contributed by atoms with van der Waals surface area (Å²) >= 11 is 6.19. The van der Waals surface area contributed by atoms with Crippen molar-refractivity contribution in [2.75, 3.05) is 19.8 Å². The number of ether oxygens (including phenoxy) is 2. The van der Waals surface area contributed by atoms with Gasteiger partial charge >= 0.3 is 0 Å². The molecule has 0 spiro atoms. The van der Waals surface area contributed by atoms with E-state index in [1.165, 1.54) is 5.39 Å². The minimum atomic E-state index is 0.113. The van der Waals surface area contributed by atoms with Crippen molar-refractivity contribution >= 4 is 33.1 Å². The van der Waals surface area contributed by atoms with Gasteiger partial charge in [-0.15, -0.1) is 0 Å². The molecule has 0 N–H and O–H groups in total. The highest BCUT2D eigenvalue weighted by Gasteiger charge is 2.34. The molecule has 1 saturated heterocycles. The summed E-state index contributed by atoms with van der Waals surface area (Å²) in [6.45, 7) is 4.37. The summed E-state index contributed by atoms with van der Waals surface area (Å²) in [5, 5.41) is 5.25. The molecule has 2 nitrogen and oxygen atoms in total. The molecular formula is C19H17ClO2. The van der Waals surface area contributed by atoms with Gasteiger partial charge < -0.3 is 9.47 Å². The van der Waals surface area contributed by atoms with Crippen molar-refractivity contribution in [3.05, 3.63) is 53.6 Å². The van der Waals surface area contributed by atoms with E-state index in [2.05, 4.69) is 31.2 Å². The van der Waals surface area contributed by atoms with E-state index in [1.54, 1.807) is 0 Å². The van der Waals surface area contributed by atoms with Gasteiger partial charge in [0.2, 0.25) is 0 Å². The first-order valence-electron chi connectivity index (χ1n) is 7.46. The Morgan fingerprint density at radius 3 is 2.59 bits per heavy atom. The molecule has 0 radical (unpaired) electrons. The maximum Gasteiger partial charge on any atom is 0.135 e. The van der Waals surface area contributed by atoms with Gasteiger partial charge in [0.15, 0.2) is 0 Å². The van der Waals surface area contributed by atoms with E-state index in [0.29, 0.717) is 6.61 Å². The fourth-order valence-corrected chi connectivity index (χ4v) is 3.10. The Morgan fingerprint density at radius 1 is 1.05 bits per heavy atom. The first kappa shape index (κ1) is 13.9. The van der Waals surface area contributed by atoms with E-state index in [0.717, 1.165) is 40.1 Å². The first-order chi connectivity index (χ1) is 10.6. The molecule has 0 aliphatic carbocycles. The normalized spacial score (nSPS) is 16.6. The molecule has 0 bridgehead atoms. The fraction of sp³-hybridized carbons (Fsp3) is 0.263. The van der Waals surface area contributed by atoms with Crippen LogP contribution in [0.3, 0.4) is 0 Å². The summed E-state index contributed by atoms with van der Waals surface area (Å²) in [6, 6.07) is 16.4. The Hall–Kier alpha value is -1.77. The quantitative estimate of drug-likeness (QED) is 0.629. The van der Waals surface area contributed by atoms with E-state index in [-0.39, 0.29) is 5.41 Å². The van der Waals surface area contributed by atoms with Gasteiger partial charge in [-0.05, 0) is 29.0 Å². The summed E-state index contributed by atoms with van der Waals surface area (Å²) in [4.78, 5) is 0. The van der Waals surface area contributed by atoms with E-state index in [4.69, 9.17) is 21.1 Å². The molecule has 3 heteroatoms. The van der Waals surface area contributed by atoms with Crippen LogP contribution in [-0.4, -0.2) is 19.8 Å². The molecule has 0 amide bonds. The summed E-state index contributed by atoms with van der Waals surface area (Å²) in [5.41, 5.74) is 0.113. The van der Waals surface area contributed by atoms with Crippen LogP contribution in [0.15, 0.2) is 48.5 Å². The molecule has 3 aromatic rings. The molecule has 1 fully saturated rings. The maximum atomic E-state index is 6.26. The average molecular weight is 313 g/mol. The third kappa shape index (κ3) is 2.33. The highest BCUT2D eigenvalue weighted by atomic mass is 35.5. The zero-order chi connectivity index (χ0) is 15.2. The Balaban J connectivity index is 1.88. The van der Waals surface area contributed by atoms with Crippen LogP contribution in [0, 0.1) is 5.41 Å². The van der Waals surface area contributed by atoms with Crippen LogP contribution in [0.25, 0.3) is 21.5 Å². The highest BCUT2D eigenvalue weighted by Crippen LogP contribution is 2.38. The third-order valence-electron chi connectivity index (χ3n) is 4.24. The number of hydrogen-bond acceptors (Lipinski definition) is 2. The van der Waals surface area contributed by atoms with Crippen molar-refractivity contribution in [1.82, 2.24) is 0 Å². The molecular weight excluding hydrogens is 296 g/mol. The molecule has 22 heavy (non-hydrogen) atoms. The maximum absolute atomic E-state index is 6.26. The number of hydrogen-bond donors (Lipinski definition) is 0. The fourth-order valence-electron chi connectivity index (χ4n) is 2.93. The molecule has 0 aromatic heterocycles. The molecule has 0 atom stereocenters. The predicted molar refractivity (Wildman–Crippen MR) is 90.9 cm³/mol. The Kier molecular flexibility index (Phi) is 3.24. The molecule has 112 valence electrons. The van der Waals surface area contributed by atoms with E-state index in [9.17, 15) is 0 Å². The lowest BCUT2D eigenvalue weighted by atomic mass is 9.90. The first-order valence-corrected chi connectivity index (χ1v) is 7.84. The molecule has 3 aromatic carbocycles. The minimum Gasteiger partial charge on any atom is -0.492 e. The second-order valence-electron chi connectivity index (χ2n) is 6.38.